The first kappa shape index (κ1) is 16.6. The minimum Gasteiger partial charge on any atom is -0.360 e. The first-order chi connectivity index (χ1) is 10.0. The molecule has 0 aliphatic rings. The summed E-state index contributed by atoms with van der Waals surface area (Å²) >= 11 is 4.73. The lowest BCUT2D eigenvalue weighted by atomic mass is 10.4. The zero-order valence-corrected chi connectivity index (χ0v) is 14.6. The fraction of sp³-hybridized carbons (Fsp3) is 0.417. The first-order valence-corrected chi connectivity index (χ1v) is 9.50. The summed E-state index contributed by atoms with van der Waals surface area (Å²) in [6, 6.07) is 3.30. The molecule has 9 heteroatoms. The predicted octanol–water partition coefficient (Wildman–Crippen LogP) is 2.48. The van der Waals surface area contributed by atoms with Gasteiger partial charge in [-0.25, -0.2) is 13.1 Å². The van der Waals surface area contributed by atoms with E-state index in [1.54, 1.807) is 12.1 Å². The van der Waals surface area contributed by atoms with Crippen molar-refractivity contribution in [3.05, 3.63) is 32.8 Å². The van der Waals surface area contributed by atoms with Gasteiger partial charge < -0.3 is 9.84 Å². The second kappa shape index (κ2) is 7.50. The minimum absolute atomic E-state index is 0.0774. The highest BCUT2D eigenvalue weighted by atomic mass is 79.9. The van der Waals surface area contributed by atoms with Crippen molar-refractivity contribution in [2.75, 3.05) is 6.54 Å². The van der Waals surface area contributed by atoms with Crippen LogP contribution in [-0.2, 0) is 23.1 Å². The molecule has 0 amide bonds. The number of nitrogens with zero attached hydrogens (tertiary/aromatic N) is 1. The number of nitrogens with one attached hydrogen (secondary N) is 2. The van der Waals surface area contributed by atoms with E-state index < -0.39 is 10.0 Å². The van der Waals surface area contributed by atoms with Gasteiger partial charge in [-0.2, -0.15) is 0 Å². The maximum absolute atomic E-state index is 12.3. The highest BCUT2D eigenvalue weighted by molar-refractivity contribution is 9.11. The van der Waals surface area contributed by atoms with Crippen molar-refractivity contribution < 1.29 is 12.9 Å². The molecule has 0 aliphatic heterocycles. The van der Waals surface area contributed by atoms with Gasteiger partial charge >= 0.3 is 0 Å². The van der Waals surface area contributed by atoms with Crippen molar-refractivity contribution in [2.24, 2.45) is 0 Å². The van der Waals surface area contributed by atoms with Crippen LogP contribution >= 0.6 is 27.3 Å². The van der Waals surface area contributed by atoms with Crippen LogP contribution in [0.5, 0.6) is 0 Å². The molecule has 2 heterocycles. The SMILES string of the molecule is CCCNCc1cc(S(=O)(=O)NCc2ccno2)c(Br)s1. The summed E-state index contributed by atoms with van der Waals surface area (Å²) in [6.07, 6.45) is 2.51. The van der Waals surface area contributed by atoms with Crippen LogP contribution in [0.15, 0.2) is 31.5 Å². The van der Waals surface area contributed by atoms with E-state index in [0.29, 0.717) is 16.1 Å². The molecule has 0 fully saturated rings. The molecule has 6 nitrogen and oxygen atoms in total. The van der Waals surface area contributed by atoms with Crippen molar-refractivity contribution in [3.63, 3.8) is 0 Å². The lowest BCUT2D eigenvalue weighted by molar-refractivity contribution is 0.380. The van der Waals surface area contributed by atoms with E-state index in [9.17, 15) is 8.42 Å². The van der Waals surface area contributed by atoms with E-state index >= 15 is 0 Å². The average Bonchev–Trinajstić information content (AvgIpc) is 3.07. The van der Waals surface area contributed by atoms with Crippen LogP contribution in [0.25, 0.3) is 0 Å². The quantitative estimate of drug-likeness (QED) is 0.672. The predicted molar refractivity (Wildman–Crippen MR) is 84.5 cm³/mol. The van der Waals surface area contributed by atoms with Crippen molar-refractivity contribution in [2.45, 2.75) is 31.3 Å². The number of hydrogen-bond donors (Lipinski definition) is 2. The van der Waals surface area contributed by atoms with Gasteiger partial charge in [-0.15, -0.1) is 11.3 Å². The van der Waals surface area contributed by atoms with E-state index in [0.717, 1.165) is 17.8 Å². The molecule has 0 spiro atoms. The summed E-state index contributed by atoms with van der Waals surface area (Å²) in [4.78, 5) is 1.22. The highest BCUT2D eigenvalue weighted by Gasteiger charge is 2.21. The van der Waals surface area contributed by atoms with Crippen molar-refractivity contribution in [3.8, 4) is 0 Å². The van der Waals surface area contributed by atoms with Crippen molar-refractivity contribution >= 4 is 37.3 Å². The largest absolute Gasteiger partial charge is 0.360 e. The Morgan fingerprint density at radius 3 is 2.90 bits per heavy atom. The van der Waals surface area contributed by atoms with E-state index in [1.807, 2.05) is 0 Å². The Morgan fingerprint density at radius 1 is 1.43 bits per heavy atom. The fourth-order valence-corrected chi connectivity index (χ4v) is 5.28. The molecule has 2 N–H and O–H groups in total. The summed E-state index contributed by atoms with van der Waals surface area (Å²) in [5.74, 6) is 0.467. The molecule has 0 atom stereocenters. The third-order valence-electron chi connectivity index (χ3n) is 2.65. The molecule has 2 aromatic rings. The Morgan fingerprint density at radius 2 is 2.24 bits per heavy atom. The van der Waals surface area contributed by atoms with Gasteiger partial charge in [0.05, 0.1) is 16.5 Å². The van der Waals surface area contributed by atoms with Crippen molar-refractivity contribution in [1.29, 1.82) is 0 Å². The molecule has 0 aromatic carbocycles. The smallest absolute Gasteiger partial charge is 0.242 e. The molecule has 2 rings (SSSR count). The number of halogens is 1. The number of hydrogen-bond acceptors (Lipinski definition) is 6. The highest BCUT2D eigenvalue weighted by Crippen LogP contribution is 2.31. The molecular weight excluding hydrogens is 378 g/mol. The molecule has 0 bridgehead atoms. The topological polar surface area (TPSA) is 84.2 Å². The Kier molecular flexibility index (Phi) is 5.94. The number of rotatable bonds is 8. The summed E-state index contributed by atoms with van der Waals surface area (Å²) in [6.45, 7) is 3.73. The van der Waals surface area contributed by atoms with Crippen LogP contribution in [0.3, 0.4) is 0 Å². The number of sulfonamides is 1. The summed E-state index contributed by atoms with van der Waals surface area (Å²) in [5, 5.41) is 6.78. The van der Waals surface area contributed by atoms with Crippen LogP contribution in [0, 0.1) is 0 Å². The zero-order valence-electron chi connectivity index (χ0n) is 11.4. The summed E-state index contributed by atoms with van der Waals surface area (Å²) < 4.78 is 32.5. The Balaban J connectivity index is 2.05. The zero-order chi connectivity index (χ0) is 15.3. The molecule has 0 aliphatic carbocycles. The van der Waals surface area contributed by atoms with Gasteiger partial charge in [0, 0.05) is 17.5 Å². The Bertz CT molecular complexity index is 668. The minimum atomic E-state index is -3.58. The summed E-state index contributed by atoms with van der Waals surface area (Å²) in [7, 11) is -3.58. The van der Waals surface area contributed by atoms with Crippen LogP contribution in [0.4, 0.5) is 0 Å². The molecule has 0 radical (unpaired) electrons. The maximum Gasteiger partial charge on any atom is 0.242 e. The number of aromatic nitrogens is 1. The normalized spacial score (nSPS) is 11.9. The first-order valence-electron chi connectivity index (χ1n) is 6.41. The average molecular weight is 394 g/mol. The standard InChI is InChI=1S/C12H16BrN3O3S2/c1-2-4-14-8-10-6-11(12(13)20-10)21(17,18)16-7-9-3-5-15-19-9/h3,5-6,14,16H,2,4,7-8H2,1H3. The molecule has 0 saturated heterocycles. The van der Waals surface area contributed by atoms with E-state index in [-0.39, 0.29) is 11.4 Å². The second-order valence-corrected chi connectivity index (χ2v) is 8.52. The lowest BCUT2D eigenvalue weighted by Crippen LogP contribution is -2.23. The second-order valence-electron chi connectivity index (χ2n) is 4.33. The van der Waals surface area contributed by atoms with E-state index in [1.165, 1.54) is 17.5 Å². The van der Waals surface area contributed by atoms with Gasteiger partial charge in [-0.1, -0.05) is 12.1 Å². The van der Waals surface area contributed by atoms with Crippen molar-refractivity contribution in [1.82, 2.24) is 15.2 Å². The molecule has 0 unspecified atom stereocenters. The van der Waals surface area contributed by atoms with Gasteiger partial charge in [0.15, 0.2) is 5.76 Å². The van der Waals surface area contributed by atoms with Crippen LogP contribution in [-0.4, -0.2) is 20.1 Å². The summed E-state index contributed by atoms with van der Waals surface area (Å²) in [5.41, 5.74) is 0. The third-order valence-corrected chi connectivity index (χ3v) is 6.30. The van der Waals surface area contributed by atoms with E-state index in [2.05, 4.69) is 38.0 Å². The van der Waals surface area contributed by atoms with Crippen LogP contribution in [0.1, 0.15) is 24.0 Å². The van der Waals surface area contributed by atoms with Gasteiger partial charge in [0.1, 0.15) is 4.90 Å². The molecule has 116 valence electrons. The Labute approximate surface area is 136 Å². The molecular formula is C12H16BrN3O3S2. The lowest BCUT2D eigenvalue weighted by Gasteiger charge is -2.03. The van der Waals surface area contributed by atoms with Crippen LogP contribution in [0.2, 0.25) is 0 Å². The monoisotopic (exact) mass is 393 g/mol. The van der Waals surface area contributed by atoms with Crippen LogP contribution < -0.4 is 10.0 Å². The third kappa shape index (κ3) is 4.62. The van der Waals surface area contributed by atoms with Gasteiger partial charge in [0.25, 0.3) is 0 Å². The fourth-order valence-electron chi connectivity index (χ4n) is 1.63. The maximum atomic E-state index is 12.3. The molecule has 21 heavy (non-hydrogen) atoms. The van der Waals surface area contributed by atoms with E-state index in [4.69, 9.17) is 4.52 Å². The van der Waals surface area contributed by atoms with Gasteiger partial charge in [-0.05, 0) is 35.0 Å². The number of thiophene rings is 1. The molecule has 0 saturated carbocycles. The van der Waals surface area contributed by atoms with Gasteiger partial charge in [-0.3, -0.25) is 0 Å². The molecule has 2 aromatic heterocycles. The Hall–Kier alpha value is -0.740. The van der Waals surface area contributed by atoms with Gasteiger partial charge in [0.2, 0.25) is 10.0 Å².